The van der Waals surface area contributed by atoms with Crippen LogP contribution in [0.1, 0.15) is 12.5 Å². The van der Waals surface area contributed by atoms with E-state index in [9.17, 15) is 10.5 Å². The van der Waals surface area contributed by atoms with Gasteiger partial charge in [-0.25, -0.2) is 0 Å². The molecule has 0 N–H and O–H groups in total. The average Bonchev–Trinajstić information content (AvgIpc) is 2.41. The Morgan fingerprint density at radius 2 is 1.95 bits per heavy atom. The molecule has 0 saturated heterocycles. The highest BCUT2D eigenvalue weighted by Crippen LogP contribution is 2.42. The van der Waals surface area contributed by atoms with E-state index in [4.69, 9.17) is 0 Å². The number of nitrogens with zero attached hydrogens (tertiary/aromatic N) is 2. The van der Waals surface area contributed by atoms with Crippen molar-refractivity contribution in [2.24, 2.45) is 5.41 Å². The number of hydrogen-bond acceptors (Lipinski definition) is 3. The fraction of sp³-hybridized carbons (Fsp3) is 0.200. The van der Waals surface area contributed by atoms with Crippen LogP contribution < -0.4 is 0 Å². The average molecular weight is 333 g/mol. The molecule has 96 valence electrons. The van der Waals surface area contributed by atoms with Crippen LogP contribution in [-0.2, 0) is 0 Å². The van der Waals surface area contributed by atoms with E-state index in [1.165, 1.54) is 11.8 Å². The lowest BCUT2D eigenvalue weighted by Gasteiger charge is -2.23. The molecule has 0 aliphatic heterocycles. The van der Waals surface area contributed by atoms with Gasteiger partial charge in [0.05, 0.1) is 12.1 Å². The van der Waals surface area contributed by atoms with E-state index < -0.39 is 5.41 Å². The summed E-state index contributed by atoms with van der Waals surface area (Å²) in [5, 5.41) is 20.8. The van der Waals surface area contributed by atoms with Crippen molar-refractivity contribution in [3.8, 4) is 12.1 Å². The minimum Gasteiger partial charge on any atom is -0.196 e. The third-order valence-corrected chi connectivity index (χ3v) is 4.15. The maximum atomic E-state index is 9.50. The van der Waals surface area contributed by atoms with Gasteiger partial charge >= 0.3 is 0 Å². The van der Waals surface area contributed by atoms with Crippen molar-refractivity contribution in [3.63, 3.8) is 0 Å². The van der Waals surface area contributed by atoms with Crippen LogP contribution in [0, 0.1) is 28.1 Å². The molecule has 0 atom stereocenters. The van der Waals surface area contributed by atoms with Gasteiger partial charge in [0.15, 0.2) is 5.41 Å². The minimum absolute atomic E-state index is 0.493. The van der Waals surface area contributed by atoms with Crippen LogP contribution in [-0.4, -0.2) is 6.26 Å². The van der Waals surface area contributed by atoms with Crippen LogP contribution in [0.2, 0.25) is 0 Å². The summed E-state index contributed by atoms with van der Waals surface area (Å²) >= 11 is 4.90. The Morgan fingerprint density at radius 3 is 2.42 bits per heavy atom. The lowest BCUT2D eigenvalue weighted by Crippen LogP contribution is -2.19. The molecule has 2 nitrogen and oxygen atoms in total. The molecule has 0 aliphatic rings. The van der Waals surface area contributed by atoms with Crippen LogP contribution in [0.15, 0.2) is 46.3 Å². The van der Waals surface area contributed by atoms with Crippen LogP contribution in [0.5, 0.6) is 0 Å². The molecule has 1 aromatic rings. The van der Waals surface area contributed by atoms with Gasteiger partial charge in [0.2, 0.25) is 0 Å². The minimum atomic E-state index is -1.33. The lowest BCUT2D eigenvalue weighted by molar-refractivity contribution is 0.816. The smallest absolute Gasteiger partial charge is 0.190 e. The number of hydrogen-bond donors (Lipinski definition) is 0. The Bertz CT molecular complexity index is 591. The van der Waals surface area contributed by atoms with Crippen LogP contribution in [0.3, 0.4) is 0 Å². The highest BCUT2D eigenvalue weighted by atomic mass is 79.9. The second-order valence-electron chi connectivity index (χ2n) is 3.97. The van der Waals surface area contributed by atoms with Gasteiger partial charge in [-0.3, -0.25) is 0 Å². The monoisotopic (exact) mass is 332 g/mol. The molecule has 0 saturated carbocycles. The molecule has 0 amide bonds. The molecule has 0 aromatic heterocycles. The summed E-state index contributed by atoms with van der Waals surface area (Å²) in [5.74, 6) is 0. The van der Waals surface area contributed by atoms with E-state index in [1.807, 2.05) is 35.9 Å². The van der Waals surface area contributed by atoms with E-state index in [-0.39, 0.29) is 0 Å². The fourth-order valence-electron chi connectivity index (χ4n) is 1.75. The second kappa shape index (κ2) is 6.61. The van der Waals surface area contributed by atoms with Crippen molar-refractivity contribution >= 4 is 33.3 Å². The quantitative estimate of drug-likeness (QED) is 0.798. The number of nitriles is 2. The molecule has 0 aliphatic carbocycles. The Labute approximate surface area is 126 Å². The molecule has 0 spiro atoms. The number of benzene rings is 1. The topological polar surface area (TPSA) is 47.6 Å². The van der Waals surface area contributed by atoms with Gasteiger partial charge in [0, 0.05) is 4.47 Å². The summed E-state index contributed by atoms with van der Waals surface area (Å²) in [4.78, 5) is 0. The number of thioether (sulfide) groups is 1. The Hall–Kier alpha value is -1.49. The predicted octanol–water partition coefficient (Wildman–Crippen LogP) is 4.76. The third kappa shape index (κ3) is 2.92. The highest BCUT2D eigenvalue weighted by Gasteiger charge is 2.37. The molecule has 19 heavy (non-hydrogen) atoms. The molecular weight excluding hydrogens is 320 g/mol. The number of rotatable bonds is 4. The predicted molar refractivity (Wildman–Crippen MR) is 84.1 cm³/mol. The van der Waals surface area contributed by atoms with Gasteiger partial charge in [-0.1, -0.05) is 40.7 Å². The van der Waals surface area contributed by atoms with E-state index in [1.54, 1.807) is 6.92 Å². The zero-order valence-corrected chi connectivity index (χ0v) is 13.2. The zero-order chi connectivity index (χ0) is 14.5. The van der Waals surface area contributed by atoms with Crippen LogP contribution in [0.25, 0.3) is 5.57 Å². The molecule has 4 heteroatoms. The lowest BCUT2D eigenvalue weighted by atomic mass is 9.75. The van der Waals surface area contributed by atoms with E-state index in [2.05, 4.69) is 34.6 Å². The summed E-state index contributed by atoms with van der Waals surface area (Å²) in [6.07, 6.45) is 1.89. The van der Waals surface area contributed by atoms with Crippen molar-refractivity contribution in [1.29, 1.82) is 10.5 Å². The summed E-state index contributed by atoms with van der Waals surface area (Å²) < 4.78 is 0.826. The molecule has 0 bridgehead atoms. The summed E-state index contributed by atoms with van der Waals surface area (Å²) in [7, 11) is 0. The van der Waals surface area contributed by atoms with Gasteiger partial charge in [0.1, 0.15) is 0 Å². The van der Waals surface area contributed by atoms with Gasteiger partial charge in [-0.2, -0.15) is 10.5 Å². The number of halogens is 1. The molecular formula is C15H13BrN2S. The first-order valence-corrected chi connectivity index (χ1v) is 7.58. The zero-order valence-electron chi connectivity index (χ0n) is 10.8. The fourth-order valence-corrected chi connectivity index (χ4v) is 2.80. The van der Waals surface area contributed by atoms with E-state index >= 15 is 0 Å². The first-order valence-electron chi connectivity index (χ1n) is 5.50. The maximum absolute atomic E-state index is 9.50. The Morgan fingerprint density at radius 1 is 1.37 bits per heavy atom. The first-order chi connectivity index (χ1) is 9.03. The second-order valence-corrected chi connectivity index (χ2v) is 5.53. The molecule has 0 heterocycles. The molecule has 1 rings (SSSR count). The summed E-state index contributed by atoms with van der Waals surface area (Å²) in [6.45, 7) is 5.76. The standard InChI is InChI=1S/C15H13BrN2S/c1-11(8-19-3)15(9-17,10-18)12(2)13-6-4-5-7-14(13)16/h4-8H,2H2,1,3H3/b11-8+. The molecule has 0 fully saturated rings. The van der Waals surface area contributed by atoms with Gasteiger partial charge < -0.3 is 0 Å². The van der Waals surface area contributed by atoms with Gasteiger partial charge in [-0.05, 0) is 41.4 Å². The van der Waals surface area contributed by atoms with Crippen molar-refractivity contribution in [2.45, 2.75) is 6.92 Å². The largest absolute Gasteiger partial charge is 0.196 e. The van der Waals surface area contributed by atoms with E-state index in [0.29, 0.717) is 11.1 Å². The van der Waals surface area contributed by atoms with Crippen molar-refractivity contribution in [1.82, 2.24) is 0 Å². The van der Waals surface area contributed by atoms with Crippen LogP contribution in [0.4, 0.5) is 0 Å². The maximum Gasteiger partial charge on any atom is 0.190 e. The third-order valence-electron chi connectivity index (χ3n) is 2.87. The normalized spacial score (nSPS) is 11.5. The van der Waals surface area contributed by atoms with Crippen molar-refractivity contribution in [3.05, 3.63) is 51.9 Å². The van der Waals surface area contributed by atoms with Crippen molar-refractivity contribution < 1.29 is 0 Å². The first kappa shape index (κ1) is 15.6. The van der Waals surface area contributed by atoms with E-state index in [0.717, 1.165) is 10.0 Å². The summed E-state index contributed by atoms with van der Waals surface area (Å²) in [5.41, 5.74) is 0.630. The highest BCUT2D eigenvalue weighted by molar-refractivity contribution is 9.10. The summed E-state index contributed by atoms with van der Waals surface area (Å²) in [6, 6.07) is 11.7. The van der Waals surface area contributed by atoms with Crippen LogP contribution >= 0.6 is 27.7 Å². The molecule has 0 unspecified atom stereocenters. The van der Waals surface area contributed by atoms with Gasteiger partial charge in [0.25, 0.3) is 0 Å². The SMILES string of the molecule is C=C(c1ccccc1Br)C(C#N)(C#N)/C(C)=C/SC. The molecule has 1 aromatic carbocycles. The van der Waals surface area contributed by atoms with Gasteiger partial charge in [-0.15, -0.1) is 11.8 Å². The van der Waals surface area contributed by atoms with Crippen molar-refractivity contribution in [2.75, 3.05) is 6.26 Å². The Kier molecular flexibility index (Phi) is 5.42. The number of allylic oxidation sites excluding steroid dienone is 2. The molecule has 0 radical (unpaired) electrons. The Balaban J connectivity index is 3.43.